The summed E-state index contributed by atoms with van der Waals surface area (Å²) in [4.78, 5) is 2.26. The molecule has 2 nitrogen and oxygen atoms in total. The fourth-order valence-electron chi connectivity index (χ4n) is 1.13. The van der Waals surface area contributed by atoms with Gasteiger partial charge in [0.2, 0.25) is 0 Å². The van der Waals surface area contributed by atoms with Crippen LogP contribution < -0.4 is 0 Å². The highest BCUT2D eigenvalue weighted by Crippen LogP contribution is 2.39. The monoisotopic (exact) mass is 129 g/mol. The maximum Gasteiger partial charge on any atom is 0.0646 e. The molecule has 0 N–H and O–H groups in total. The molecule has 2 heteroatoms. The van der Waals surface area contributed by atoms with Crippen LogP contribution in [0.2, 0.25) is 0 Å². The second-order valence-corrected chi connectivity index (χ2v) is 3.05. The van der Waals surface area contributed by atoms with Crippen molar-refractivity contribution in [1.82, 2.24) is 4.90 Å². The second kappa shape index (κ2) is 2.27. The zero-order valence-corrected chi connectivity index (χ0v) is 6.48. The van der Waals surface area contributed by atoms with Gasteiger partial charge in [0.25, 0.3) is 0 Å². The van der Waals surface area contributed by atoms with Gasteiger partial charge in [-0.3, -0.25) is 0 Å². The summed E-state index contributed by atoms with van der Waals surface area (Å²) in [5.74, 6) is 0. The van der Waals surface area contributed by atoms with E-state index in [0.29, 0.717) is 5.54 Å². The Morgan fingerprint density at radius 3 is 2.11 bits per heavy atom. The van der Waals surface area contributed by atoms with E-state index in [2.05, 4.69) is 19.0 Å². The van der Waals surface area contributed by atoms with Gasteiger partial charge in [0.1, 0.15) is 0 Å². The Labute approximate surface area is 56.8 Å². The minimum absolute atomic E-state index is 0.411. The zero-order chi connectivity index (χ0) is 6.91. The lowest BCUT2D eigenvalue weighted by Gasteiger charge is -2.22. The van der Waals surface area contributed by atoms with Gasteiger partial charge in [-0.15, -0.1) is 0 Å². The molecular weight excluding hydrogens is 114 g/mol. The first-order valence-corrected chi connectivity index (χ1v) is 3.38. The first-order chi connectivity index (χ1) is 4.21. The smallest absolute Gasteiger partial charge is 0.0646 e. The quantitative estimate of drug-likeness (QED) is 0.557. The third-order valence-corrected chi connectivity index (χ3v) is 2.19. The van der Waals surface area contributed by atoms with Crippen molar-refractivity contribution in [3.63, 3.8) is 0 Å². The highest BCUT2D eigenvalue weighted by atomic mass is 16.5. The molecule has 1 aliphatic rings. The summed E-state index contributed by atoms with van der Waals surface area (Å²) >= 11 is 0. The number of ether oxygens (including phenoxy) is 1. The fourth-order valence-corrected chi connectivity index (χ4v) is 1.13. The molecule has 0 amide bonds. The van der Waals surface area contributed by atoms with E-state index >= 15 is 0 Å². The molecule has 0 aromatic heterocycles. The average molecular weight is 129 g/mol. The Balaban J connectivity index is 2.33. The predicted molar refractivity (Wildman–Crippen MR) is 37.5 cm³/mol. The highest BCUT2D eigenvalue weighted by Gasteiger charge is 2.44. The lowest BCUT2D eigenvalue weighted by molar-refractivity contribution is 0.106. The van der Waals surface area contributed by atoms with Crippen LogP contribution in [0.4, 0.5) is 0 Å². The van der Waals surface area contributed by atoms with E-state index in [9.17, 15) is 0 Å². The molecule has 0 aromatic rings. The molecular formula is C7H15NO. The van der Waals surface area contributed by atoms with Crippen molar-refractivity contribution in [3.05, 3.63) is 0 Å². The van der Waals surface area contributed by atoms with Gasteiger partial charge in [0.05, 0.1) is 6.61 Å². The third kappa shape index (κ3) is 1.25. The van der Waals surface area contributed by atoms with Crippen molar-refractivity contribution in [2.45, 2.75) is 18.4 Å². The Morgan fingerprint density at radius 2 is 2.00 bits per heavy atom. The maximum absolute atomic E-state index is 5.09. The van der Waals surface area contributed by atoms with Crippen molar-refractivity contribution in [2.75, 3.05) is 27.8 Å². The molecule has 0 spiro atoms. The van der Waals surface area contributed by atoms with Crippen LogP contribution in [0.25, 0.3) is 0 Å². The van der Waals surface area contributed by atoms with Gasteiger partial charge < -0.3 is 9.64 Å². The van der Waals surface area contributed by atoms with E-state index in [0.717, 1.165) is 6.61 Å². The van der Waals surface area contributed by atoms with Gasteiger partial charge in [0, 0.05) is 12.6 Å². The SMILES string of the molecule is COCC1(N(C)C)CC1. The van der Waals surface area contributed by atoms with Gasteiger partial charge in [-0.05, 0) is 26.9 Å². The number of likely N-dealkylation sites (N-methyl/N-ethyl adjacent to an activating group) is 1. The normalized spacial score (nSPS) is 22.7. The molecule has 0 saturated heterocycles. The van der Waals surface area contributed by atoms with E-state index in [1.807, 2.05) is 0 Å². The molecule has 0 aromatic carbocycles. The summed E-state index contributed by atoms with van der Waals surface area (Å²) in [6, 6.07) is 0. The Morgan fingerprint density at radius 1 is 1.44 bits per heavy atom. The van der Waals surface area contributed by atoms with Crippen molar-refractivity contribution in [2.24, 2.45) is 0 Å². The highest BCUT2D eigenvalue weighted by molar-refractivity contribution is 5.01. The molecule has 0 unspecified atom stereocenters. The van der Waals surface area contributed by atoms with Crippen LogP contribution in [0.15, 0.2) is 0 Å². The van der Waals surface area contributed by atoms with Crippen molar-refractivity contribution < 1.29 is 4.74 Å². The molecule has 0 radical (unpaired) electrons. The third-order valence-electron chi connectivity index (χ3n) is 2.19. The molecule has 54 valence electrons. The van der Waals surface area contributed by atoms with E-state index in [-0.39, 0.29) is 0 Å². The zero-order valence-electron chi connectivity index (χ0n) is 6.48. The van der Waals surface area contributed by atoms with Gasteiger partial charge in [-0.25, -0.2) is 0 Å². The maximum atomic E-state index is 5.09. The van der Waals surface area contributed by atoms with E-state index in [4.69, 9.17) is 4.74 Å². The molecule has 0 aliphatic heterocycles. The first kappa shape index (κ1) is 7.03. The fraction of sp³-hybridized carbons (Fsp3) is 1.00. The molecule has 1 aliphatic carbocycles. The van der Waals surface area contributed by atoms with Crippen molar-refractivity contribution in [1.29, 1.82) is 0 Å². The van der Waals surface area contributed by atoms with Crippen molar-refractivity contribution >= 4 is 0 Å². The summed E-state index contributed by atoms with van der Waals surface area (Å²) in [5, 5.41) is 0. The molecule has 0 heterocycles. The summed E-state index contributed by atoms with van der Waals surface area (Å²) in [5.41, 5.74) is 0.411. The number of rotatable bonds is 3. The van der Waals surface area contributed by atoms with Crippen LogP contribution in [-0.2, 0) is 4.74 Å². The van der Waals surface area contributed by atoms with E-state index in [1.165, 1.54) is 12.8 Å². The summed E-state index contributed by atoms with van der Waals surface area (Å²) in [7, 11) is 6.00. The number of hydrogen-bond donors (Lipinski definition) is 0. The van der Waals surface area contributed by atoms with Crippen LogP contribution >= 0.6 is 0 Å². The second-order valence-electron chi connectivity index (χ2n) is 3.05. The Hall–Kier alpha value is -0.0800. The standard InChI is InChI=1S/C7H15NO/c1-8(2)7(4-5-7)6-9-3/h4-6H2,1-3H3. The van der Waals surface area contributed by atoms with Gasteiger partial charge in [-0.2, -0.15) is 0 Å². The minimum Gasteiger partial charge on any atom is -0.383 e. The summed E-state index contributed by atoms with van der Waals surface area (Å²) in [6.45, 7) is 0.889. The van der Waals surface area contributed by atoms with Gasteiger partial charge in [0.15, 0.2) is 0 Å². The van der Waals surface area contributed by atoms with E-state index < -0.39 is 0 Å². The van der Waals surface area contributed by atoms with Gasteiger partial charge in [-0.1, -0.05) is 0 Å². The van der Waals surface area contributed by atoms with Crippen molar-refractivity contribution in [3.8, 4) is 0 Å². The van der Waals surface area contributed by atoms with E-state index in [1.54, 1.807) is 7.11 Å². The number of methoxy groups -OCH3 is 1. The predicted octanol–water partition coefficient (Wildman–Crippen LogP) is 0.727. The largest absolute Gasteiger partial charge is 0.383 e. The summed E-state index contributed by atoms with van der Waals surface area (Å²) < 4.78 is 5.09. The average Bonchev–Trinajstić information content (AvgIpc) is 2.49. The minimum atomic E-state index is 0.411. The lowest BCUT2D eigenvalue weighted by atomic mass is 10.3. The van der Waals surface area contributed by atoms with Gasteiger partial charge >= 0.3 is 0 Å². The molecule has 1 rings (SSSR count). The van der Waals surface area contributed by atoms with Crippen LogP contribution in [0.3, 0.4) is 0 Å². The number of nitrogens with zero attached hydrogens (tertiary/aromatic N) is 1. The molecule has 9 heavy (non-hydrogen) atoms. The number of hydrogen-bond acceptors (Lipinski definition) is 2. The molecule has 0 bridgehead atoms. The Kier molecular flexibility index (Phi) is 1.78. The lowest BCUT2D eigenvalue weighted by Crippen LogP contribution is -2.34. The van der Waals surface area contributed by atoms with Crippen LogP contribution in [0.5, 0.6) is 0 Å². The topological polar surface area (TPSA) is 12.5 Å². The van der Waals surface area contributed by atoms with Crippen LogP contribution in [0.1, 0.15) is 12.8 Å². The molecule has 0 atom stereocenters. The Bertz CT molecular complexity index is 97.1. The van der Waals surface area contributed by atoms with Crippen LogP contribution in [0, 0.1) is 0 Å². The van der Waals surface area contributed by atoms with Crippen LogP contribution in [-0.4, -0.2) is 38.3 Å². The molecule has 1 fully saturated rings. The first-order valence-electron chi connectivity index (χ1n) is 3.38. The molecule has 1 saturated carbocycles. The summed E-state index contributed by atoms with van der Waals surface area (Å²) in [6.07, 6.45) is 2.60.